The third-order valence-electron chi connectivity index (χ3n) is 6.39. The topological polar surface area (TPSA) is 100 Å². The Bertz CT molecular complexity index is 899. The zero-order chi connectivity index (χ0) is 23.6. The molecule has 0 spiro atoms. The third kappa shape index (κ3) is 5.51. The number of nitrogens with zero attached hydrogens (tertiary/aromatic N) is 2. The van der Waals surface area contributed by atoms with Crippen molar-refractivity contribution in [3.8, 4) is 11.5 Å². The van der Waals surface area contributed by atoms with Crippen LogP contribution in [0, 0.1) is 5.92 Å². The van der Waals surface area contributed by atoms with Crippen LogP contribution in [0.5, 0.6) is 11.5 Å². The Morgan fingerprint density at radius 2 is 1.64 bits per heavy atom. The lowest BCUT2D eigenvalue weighted by Gasteiger charge is -2.38. The first-order valence-corrected chi connectivity index (χ1v) is 11.8. The van der Waals surface area contributed by atoms with E-state index in [4.69, 9.17) is 9.47 Å². The van der Waals surface area contributed by atoms with E-state index < -0.39 is 6.04 Å². The number of ether oxygens (including phenoxy) is 2. The zero-order valence-electron chi connectivity index (χ0n) is 19.7. The SMILES string of the molecule is CC(C)(C)NC(=O)N1CCC(C(NC(=O)c2ccc3c(c2)OCO3)C(=O)N2CCCC2)CC1. The average molecular weight is 459 g/mol. The minimum atomic E-state index is -0.617. The first kappa shape index (κ1) is 23.2. The van der Waals surface area contributed by atoms with E-state index in [1.54, 1.807) is 23.1 Å². The largest absolute Gasteiger partial charge is 0.454 e. The third-order valence-corrected chi connectivity index (χ3v) is 6.39. The Kier molecular flexibility index (Phi) is 6.67. The van der Waals surface area contributed by atoms with Crippen LogP contribution in [0.4, 0.5) is 4.79 Å². The lowest BCUT2D eigenvalue weighted by molar-refractivity contribution is -0.134. The van der Waals surface area contributed by atoms with Gasteiger partial charge in [-0.15, -0.1) is 0 Å². The molecule has 1 aromatic rings. The second-order valence-electron chi connectivity index (χ2n) is 10.1. The van der Waals surface area contributed by atoms with Crippen molar-refractivity contribution in [2.45, 2.75) is 58.0 Å². The van der Waals surface area contributed by atoms with Gasteiger partial charge >= 0.3 is 6.03 Å². The molecule has 2 fully saturated rings. The van der Waals surface area contributed by atoms with Crippen molar-refractivity contribution in [2.75, 3.05) is 33.0 Å². The molecule has 180 valence electrons. The predicted molar refractivity (Wildman–Crippen MR) is 122 cm³/mol. The maximum absolute atomic E-state index is 13.4. The number of urea groups is 1. The molecule has 9 nitrogen and oxygen atoms in total. The molecule has 2 N–H and O–H groups in total. The molecule has 0 aliphatic carbocycles. The molecule has 0 aromatic heterocycles. The van der Waals surface area contributed by atoms with E-state index in [1.807, 2.05) is 25.7 Å². The van der Waals surface area contributed by atoms with Crippen molar-refractivity contribution in [3.63, 3.8) is 0 Å². The van der Waals surface area contributed by atoms with Crippen molar-refractivity contribution in [3.05, 3.63) is 23.8 Å². The van der Waals surface area contributed by atoms with Gasteiger partial charge in [-0.2, -0.15) is 0 Å². The summed E-state index contributed by atoms with van der Waals surface area (Å²) in [5.74, 6) is 0.771. The standard InChI is InChI=1S/C24H34N4O5/c1-24(2,3)26-23(31)28-12-8-16(9-13-28)20(22(30)27-10-4-5-11-27)25-21(29)17-6-7-18-19(14-17)33-15-32-18/h6-7,14,16,20H,4-5,8-13,15H2,1-3H3,(H,25,29)(H,26,31). The molecule has 0 radical (unpaired) electrons. The van der Waals surface area contributed by atoms with E-state index in [9.17, 15) is 14.4 Å². The number of fused-ring (bicyclic) bond motifs is 1. The van der Waals surface area contributed by atoms with Crippen LogP contribution in [-0.4, -0.2) is 72.2 Å². The van der Waals surface area contributed by atoms with Gasteiger partial charge in [0.1, 0.15) is 6.04 Å². The fourth-order valence-electron chi connectivity index (χ4n) is 4.61. The molecule has 3 aliphatic heterocycles. The van der Waals surface area contributed by atoms with Gasteiger partial charge in [0.15, 0.2) is 11.5 Å². The van der Waals surface area contributed by atoms with Crippen LogP contribution < -0.4 is 20.1 Å². The van der Waals surface area contributed by atoms with Gasteiger partial charge in [-0.25, -0.2) is 4.79 Å². The normalized spacial score (nSPS) is 19.4. The van der Waals surface area contributed by atoms with E-state index in [-0.39, 0.29) is 36.1 Å². The van der Waals surface area contributed by atoms with Gasteiger partial charge in [0, 0.05) is 37.3 Å². The van der Waals surface area contributed by atoms with Gasteiger partial charge in [-0.1, -0.05) is 0 Å². The van der Waals surface area contributed by atoms with E-state index in [1.165, 1.54) is 0 Å². The smallest absolute Gasteiger partial charge is 0.317 e. The maximum Gasteiger partial charge on any atom is 0.317 e. The van der Waals surface area contributed by atoms with Crippen LogP contribution in [0.3, 0.4) is 0 Å². The fourth-order valence-corrected chi connectivity index (χ4v) is 4.61. The highest BCUT2D eigenvalue weighted by Crippen LogP contribution is 2.32. The highest BCUT2D eigenvalue weighted by Gasteiger charge is 2.37. The fraction of sp³-hybridized carbons (Fsp3) is 0.625. The van der Waals surface area contributed by atoms with E-state index in [0.29, 0.717) is 43.0 Å². The Morgan fingerprint density at radius 1 is 0.970 bits per heavy atom. The molecular formula is C24H34N4O5. The number of benzene rings is 1. The number of hydrogen-bond donors (Lipinski definition) is 2. The number of likely N-dealkylation sites (tertiary alicyclic amines) is 2. The number of hydrogen-bond acceptors (Lipinski definition) is 5. The molecule has 1 aromatic carbocycles. The maximum atomic E-state index is 13.4. The quantitative estimate of drug-likeness (QED) is 0.722. The van der Waals surface area contributed by atoms with Crippen molar-refractivity contribution in [1.82, 2.24) is 20.4 Å². The molecule has 1 unspecified atom stereocenters. The number of piperidine rings is 1. The van der Waals surface area contributed by atoms with Gasteiger partial charge in [0.25, 0.3) is 5.91 Å². The molecule has 4 rings (SSSR count). The molecule has 33 heavy (non-hydrogen) atoms. The highest BCUT2D eigenvalue weighted by molar-refractivity contribution is 5.98. The van der Waals surface area contributed by atoms with Crippen LogP contribution in [0.2, 0.25) is 0 Å². The van der Waals surface area contributed by atoms with Crippen LogP contribution in [-0.2, 0) is 4.79 Å². The summed E-state index contributed by atoms with van der Waals surface area (Å²) in [6, 6.07) is 4.33. The van der Waals surface area contributed by atoms with Gasteiger partial charge in [-0.05, 0) is 70.6 Å². The van der Waals surface area contributed by atoms with Crippen LogP contribution in [0.25, 0.3) is 0 Å². The van der Waals surface area contributed by atoms with Gasteiger partial charge in [0.2, 0.25) is 12.7 Å². The lowest BCUT2D eigenvalue weighted by Crippen LogP contribution is -2.56. The molecule has 3 heterocycles. The molecular weight excluding hydrogens is 424 g/mol. The Labute approximate surface area is 194 Å². The summed E-state index contributed by atoms with van der Waals surface area (Å²) in [6.07, 6.45) is 3.28. The summed E-state index contributed by atoms with van der Waals surface area (Å²) in [6.45, 7) is 8.55. The predicted octanol–water partition coefficient (Wildman–Crippen LogP) is 2.36. The molecule has 0 saturated carbocycles. The number of nitrogens with one attached hydrogen (secondary N) is 2. The van der Waals surface area contributed by atoms with Crippen molar-refractivity contribution >= 4 is 17.8 Å². The van der Waals surface area contributed by atoms with Gasteiger partial charge in [-0.3, -0.25) is 9.59 Å². The summed E-state index contributed by atoms with van der Waals surface area (Å²) in [7, 11) is 0. The molecule has 4 amide bonds. The molecule has 9 heteroatoms. The molecule has 2 saturated heterocycles. The summed E-state index contributed by atoms with van der Waals surface area (Å²) < 4.78 is 10.7. The second-order valence-corrected chi connectivity index (χ2v) is 10.1. The van der Waals surface area contributed by atoms with Crippen molar-refractivity contribution < 1.29 is 23.9 Å². The highest BCUT2D eigenvalue weighted by atomic mass is 16.7. The monoisotopic (exact) mass is 458 g/mol. The van der Waals surface area contributed by atoms with Crippen LogP contribution in [0.1, 0.15) is 56.8 Å². The first-order valence-electron chi connectivity index (χ1n) is 11.8. The lowest BCUT2D eigenvalue weighted by atomic mass is 9.88. The van der Waals surface area contributed by atoms with E-state index in [2.05, 4.69) is 10.6 Å². The molecule has 1 atom stereocenters. The summed E-state index contributed by atoms with van der Waals surface area (Å²) in [5.41, 5.74) is 0.126. The Hall–Kier alpha value is -2.97. The summed E-state index contributed by atoms with van der Waals surface area (Å²) >= 11 is 0. The number of amides is 4. The average Bonchev–Trinajstić information content (AvgIpc) is 3.47. The van der Waals surface area contributed by atoms with Crippen LogP contribution >= 0.6 is 0 Å². The number of carbonyl (C=O) groups is 3. The summed E-state index contributed by atoms with van der Waals surface area (Å²) in [5, 5.41) is 6.00. The van der Waals surface area contributed by atoms with Crippen molar-refractivity contribution in [1.29, 1.82) is 0 Å². The summed E-state index contributed by atoms with van der Waals surface area (Å²) in [4.78, 5) is 42.6. The van der Waals surface area contributed by atoms with E-state index >= 15 is 0 Å². The van der Waals surface area contributed by atoms with Crippen LogP contribution in [0.15, 0.2) is 18.2 Å². The van der Waals surface area contributed by atoms with Gasteiger partial charge < -0.3 is 29.9 Å². The van der Waals surface area contributed by atoms with Crippen molar-refractivity contribution in [2.24, 2.45) is 5.92 Å². The minimum Gasteiger partial charge on any atom is -0.454 e. The second kappa shape index (κ2) is 9.49. The molecule has 0 bridgehead atoms. The Morgan fingerprint density at radius 3 is 2.30 bits per heavy atom. The minimum absolute atomic E-state index is 0.0285. The Balaban J connectivity index is 1.44. The number of rotatable bonds is 4. The van der Waals surface area contributed by atoms with E-state index in [0.717, 1.165) is 25.9 Å². The molecule has 3 aliphatic rings. The number of carbonyl (C=O) groups excluding carboxylic acids is 3. The first-order chi connectivity index (χ1) is 15.7. The van der Waals surface area contributed by atoms with Gasteiger partial charge in [0.05, 0.1) is 0 Å². The zero-order valence-corrected chi connectivity index (χ0v) is 19.7.